The lowest BCUT2D eigenvalue weighted by molar-refractivity contribution is -0.122. The van der Waals surface area contributed by atoms with Gasteiger partial charge in [0.2, 0.25) is 5.91 Å². The number of fused-ring (bicyclic) bond motifs is 1. The summed E-state index contributed by atoms with van der Waals surface area (Å²) in [6, 6.07) is 12.5. The topological polar surface area (TPSA) is 69.7 Å². The number of hydrogen-bond acceptors (Lipinski definition) is 5. The Labute approximate surface area is 200 Å². The molecule has 9 heteroatoms. The predicted octanol–water partition coefficient (Wildman–Crippen LogP) is 4.57. The minimum atomic E-state index is -0.432. The van der Waals surface area contributed by atoms with Gasteiger partial charge in [-0.2, -0.15) is 0 Å². The van der Waals surface area contributed by atoms with Crippen LogP contribution in [0.4, 0.5) is 15.8 Å². The molecule has 2 aromatic rings. The first-order valence-electron chi connectivity index (χ1n) is 10.6. The Kier molecular flexibility index (Phi) is 6.90. The molecule has 0 aromatic heterocycles. The fourth-order valence-corrected chi connectivity index (χ4v) is 5.18. The van der Waals surface area contributed by atoms with E-state index in [1.807, 2.05) is 0 Å². The van der Waals surface area contributed by atoms with Gasteiger partial charge in [-0.3, -0.25) is 24.2 Å². The zero-order valence-electron chi connectivity index (χ0n) is 18.0. The summed E-state index contributed by atoms with van der Waals surface area (Å²) < 4.78 is 13.6. The van der Waals surface area contributed by atoms with Crippen molar-refractivity contribution in [2.45, 2.75) is 26.2 Å². The first-order valence-corrected chi connectivity index (χ1v) is 11.9. The molecule has 0 radical (unpaired) electrons. The molecule has 170 valence electrons. The average molecular weight is 484 g/mol. The summed E-state index contributed by atoms with van der Waals surface area (Å²) in [5.74, 6) is -1.53. The molecule has 2 heterocycles. The van der Waals surface area contributed by atoms with Crippen molar-refractivity contribution < 1.29 is 18.8 Å². The molecular formula is C24H22FN3O3S2. The van der Waals surface area contributed by atoms with E-state index in [2.05, 4.69) is 12.2 Å². The van der Waals surface area contributed by atoms with Crippen LogP contribution in [0.25, 0.3) is 5.57 Å². The number of carbonyl (C=O) groups excluding carboxylic acids is 3. The molecule has 33 heavy (non-hydrogen) atoms. The largest absolute Gasteiger partial charge is 0.325 e. The number of benzene rings is 2. The Bertz CT molecular complexity index is 1160. The van der Waals surface area contributed by atoms with Gasteiger partial charge in [-0.1, -0.05) is 61.9 Å². The molecule has 0 saturated carbocycles. The molecule has 1 N–H and O–H groups in total. The smallest absolute Gasteiger partial charge is 0.267 e. The van der Waals surface area contributed by atoms with Crippen molar-refractivity contribution in [1.82, 2.24) is 4.90 Å². The van der Waals surface area contributed by atoms with Gasteiger partial charge in [0, 0.05) is 17.8 Å². The molecule has 2 aliphatic rings. The number of thiocarbonyl (C=S) groups is 1. The van der Waals surface area contributed by atoms with Crippen LogP contribution >= 0.6 is 24.0 Å². The van der Waals surface area contributed by atoms with Crippen molar-refractivity contribution >= 4 is 63.0 Å². The molecular weight excluding hydrogens is 461 g/mol. The van der Waals surface area contributed by atoms with E-state index in [0.29, 0.717) is 32.7 Å². The van der Waals surface area contributed by atoms with Crippen molar-refractivity contribution in [1.29, 1.82) is 0 Å². The van der Waals surface area contributed by atoms with Gasteiger partial charge in [0.25, 0.3) is 11.8 Å². The summed E-state index contributed by atoms with van der Waals surface area (Å²) in [4.78, 5) is 42.4. The SMILES string of the molecule is CCCCCN1C(=O)/C(=C2/C(=O)N(CC(=O)Nc3ccc(F)cc3)c3ccccc32)SC1=S. The van der Waals surface area contributed by atoms with E-state index in [1.165, 1.54) is 29.2 Å². The van der Waals surface area contributed by atoms with Gasteiger partial charge >= 0.3 is 0 Å². The average Bonchev–Trinajstić information content (AvgIpc) is 3.23. The number of amides is 3. The molecule has 6 nitrogen and oxygen atoms in total. The van der Waals surface area contributed by atoms with Gasteiger partial charge < -0.3 is 5.32 Å². The van der Waals surface area contributed by atoms with Gasteiger partial charge in [0.15, 0.2) is 0 Å². The number of carbonyl (C=O) groups is 3. The maximum Gasteiger partial charge on any atom is 0.267 e. The van der Waals surface area contributed by atoms with Crippen molar-refractivity contribution in [3.8, 4) is 0 Å². The molecule has 0 spiro atoms. The summed E-state index contributed by atoms with van der Waals surface area (Å²) >= 11 is 6.55. The van der Waals surface area contributed by atoms with Crippen LogP contribution in [-0.2, 0) is 14.4 Å². The fraction of sp³-hybridized carbons (Fsp3) is 0.250. The predicted molar refractivity (Wildman–Crippen MR) is 132 cm³/mol. The highest BCUT2D eigenvalue weighted by Crippen LogP contribution is 2.44. The number of halogens is 1. The van der Waals surface area contributed by atoms with Gasteiger partial charge in [-0.05, 0) is 36.8 Å². The number of nitrogens with zero attached hydrogens (tertiary/aromatic N) is 2. The Morgan fingerprint density at radius 3 is 2.48 bits per heavy atom. The minimum absolute atomic E-state index is 0.243. The van der Waals surface area contributed by atoms with Gasteiger partial charge in [-0.25, -0.2) is 4.39 Å². The summed E-state index contributed by atoms with van der Waals surface area (Å²) in [6.07, 6.45) is 2.85. The highest BCUT2D eigenvalue weighted by atomic mass is 32.2. The van der Waals surface area contributed by atoms with Gasteiger partial charge in [0.05, 0.1) is 16.2 Å². The van der Waals surface area contributed by atoms with Gasteiger partial charge in [-0.15, -0.1) is 0 Å². The van der Waals surface area contributed by atoms with Crippen LogP contribution in [-0.4, -0.2) is 40.0 Å². The van der Waals surface area contributed by atoms with Crippen LogP contribution in [0.5, 0.6) is 0 Å². The summed E-state index contributed by atoms with van der Waals surface area (Å²) in [6.45, 7) is 2.36. The zero-order valence-corrected chi connectivity index (χ0v) is 19.6. The molecule has 2 aliphatic heterocycles. The molecule has 0 atom stereocenters. The first-order chi connectivity index (χ1) is 15.9. The van der Waals surface area contributed by atoms with Crippen LogP contribution in [0.15, 0.2) is 53.4 Å². The van der Waals surface area contributed by atoms with Crippen LogP contribution < -0.4 is 10.2 Å². The third-order valence-electron chi connectivity index (χ3n) is 5.41. The lowest BCUT2D eigenvalue weighted by Crippen LogP contribution is -2.35. The molecule has 3 amide bonds. The first kappa shape index (κ1) is 23.1. The van der Waals surface area contributed by atoms with Crippen molar-refractivity contribution in [2.75, 3.05) is 23.3 Å². The van der Waals surface area contributed by atoms with Crippen LogP contribution in [0.3, 0.4) is 0 Å². The van der Waals surface area contributed by atoms with E-state index in [1.54, 1.807) is 29.2 Å². The zero-order chi connectivity index (χ0) is 23.5. The maximum atomic E-state index is 13.4. The number of hydrogen-bond donors (Lipinski definition) is 1. The van der Waals surface area contributed by atoms with Crippen LogP contribution in [0.1, 0.15) is 31.7 Å². The highest BCUT2D eigenvalue weighted by Gasteiger charge is 2.42. The van der Waals surface area contributed by atoms with E-state index in [9.17, 15) is 18.8 Å². The number of para-hydroxylation sites is 1. The lowest BCUT2D eigenvalue weighted by Gasteiger charge is -2.17. The number of thioether (sulfide) groups is 1. The molecule has 0 bridgehead atoms. The monoisotopic (exact) mass is 483 g/mol. The Balaban J connectivity index is 1.59. The number of nitrogens with one attached hydrogen (secondary N) is 1. The molecule has 2 aromatic carbocycles. The van der Waals surface area contributed by atoms with E-state index >= 15 is 0 Å². The Hall–Kier alpha value is -3.04. The van der Waals surface area contributed by atoms with Crippen molar-refractivity contribution in [3.05, 3.63) is 64.8 Å². The van der Waals surface area contributed by atoms with E-state index in [-0.39, 0.29) is 18.0 Å². The number of anilines is 2. The fourth-order valence-electron chi connectivity index (χ4n) is 3.80. The minimum Gasteiger partial charge on any atom is -0.325 e. The molecule has 0 aliphatic carbocycles. The second-order valence-corrected chi connectivity index (χ2v) is 9.34. The number of rotatable bonds is 7. The third kappa shape index (κ3) is 4.69. The number of unbranched alkanes of at least 4 members (excludes halogenated alkanes) is 2. The molecule has 1 fully saturated rings. The van der Waals surface area contributed by atoms with E-state index in [0.717, 1.165) is 31.0 Å². The second kappa shape index (κ2) is 9.84. The Morgan fingerprint density at radius 1 is 1.03 bits per heavy atom. The summed E-state index contributed by atoms with van der Waals surface area (Å²) in [5, 5.41) is 2.67. The lowest BCUT2D eigenvalue weighted by atomic mass is 10.1. The van der Waals surface area contributed by atoms with Gasteiger partial charge in [0.1, 0.15) is 16.7 Å². The quantitative estimate of drug-likeness (QED) is 0.355. The van der Waals surface area contributed by atoms with Crippen LogP contribution in [0.2, 0.25) is 0 Å². The summed E-state index contributed by atoms with van der Waals surface area (Å²) in [5.41, 5.74) is 1.86. The second-order valence-electron chi connectivity index (χ2n) is 7.70. The highest BCUT2D eigenvalue weighted by molar-refractivity contribution is 8.26. The molecule has 4 rings (SSSR count). The Morgan fingerprint density at radius 2 is 1.76 bits per heavy atom. The van der Waals surface area contributed by atoms with E-state index in [4.69, 9.17) is 12.2 Å². The van der Waals surface area contributed by atoms with Crippen molar-refractivity contribution in [2.24, 2.45) is 0 Å². The molecule has 1 saturated heterocycles. The standard InChI is InChI=1S/C24H22FN3O3S2/c1-2-3-6-13-27-23(31)21(33-24(27)32)20-17-7-4-5-8-18(17)28(22(20)30)14-19(29)26-16-11-9-15(25)10-12-16/h4-5,7-12H,2-3,6,13-14H2,1H3,(H,26,29)/b21-20-. The molecule has 0 unspecified atom stereocenters. The van der Waals surface area contributed by atoms with E-state index < -0.39 is 17.6 Å². The third-order valence-corrected chi connectivity index (χ3v) is 6.86. The van der Waals surface area contributed by atoms with Crippen LogP contribution in [0, 0.1) is 5.82 Å². The normalized spacial score (nSPS) is 17.7. The summed E-state index contributed by atoms with van der Waals surface area (Å²) in [7, 11) is 0. The van der Waals surface area contributed by atoms with Crippen molar-refractivity contribution in [3.63, 3.8) is 0 Å². The maximum absolute atomic E-state index is 13.4.